The van der Waals surface area contributed by atoms with Gasteiger partial charge < -0.3 is 20.7 Å². The molecule has 1 aromatic heterocycles. The quantitative estimate of drug-likeness (QED) is 0.693. The first-order chi connectivity index (χ1) is 11.0. The maximum absolute atomic E-state index is 14.0. The van der Waals surface area contributed by atoms with Crippen molar-refractivity contribution in [1.29, 1.82) is 0 Å². The Labute approximate surface area is 130 Å². The molecule has 0 amide bonds. The molecule has 1 fully saturated rings. The molecule has 0 spiro atoms. The molecular formula is C15H14F2N4O2. The second-order valence-corrected chi connectivity index (χ2v) is 5.38. The van der Waals surface area contributed by atoms with Crippen LogP contribution in [0.3, 0.4) is 0 Å². The molecule has 0 bridgehead atoms. The van der Waals surface area contributed by atoms with Gasteiger partial charge in [0.15, 0.2) is 6.20 Å². The van der Waals surface area contributed by atoms with Gasteiger partial charge in [-0.25, -0.2) is 8.78 Å². The molecule has 1 aliphatic rings. The summed E-state index contributed by atoms with van der Waals surface area (Å²) in [6.07, 6.45) is 2.78. The number of benzene rings is 1. The lowest BCUT2D eigenvalue weighted by Crippen LogP contribution is -2.23. The van der Waals surface area contributed by atoms with Crippen molar-refractivity contribution in [3.8, 4) is 0 Å². The molecule has 120 valence electrons. The highest BCUT2D eigenvalue weighted by atomic mass is 19.1. The molecule has 8 heteroatoms. The lowest BCUT2D eigenvalue weighted by Gasteiger charge is -2.26. The molecule has 1 atom stereocenters. The highest BCUT2D eigenvalue weighted by Crippen LogP contribution is 2.38. The van der Waals surface area contributed by atoms with Crippen LogP contribution in [0, 0.1) is 21.7 Å². The van der Waals surface area contributed by atoms with Crippen LogP contribution in [-0.2, 0) is 0 Å². The number of anilines is 2. The number of hydrogen-bond donors (Lipinski definition) is 1. The van der Waals surface area contributed by atoms with Gasteiger partial charge in [-0.05, 0) is 47.0 Å². The number of nitro groups is 1. The Morgan fingerprint density at radius 3 is 2.83 bits per heavy atom. The van der Waals surface area contributed by atoms with Gasteiger partial charge in [0.2, 0.25) is 0 Å². The zero-order valence-corrected chi connectivity index (χ0v) is 12.1. The molecule has 3 rings (SSSR count). The second-order valence-electron chi connectivity index (χ2n) is 5.38. The molecule has 0 radical (unpaired) electrons. The molecule has 6 nitrogen and oxygen atoms in total. The number of pyridine rings is 1. The summed E-state index contributed by atoms with van der Waals surface area (Å²) >= 11 is 0. The third-order valence-corrected chi connectivity index (χ3v) is 3.96. The van der Waals surface area contributed by atoms with Crippen LogP contribution in [0.2, 0.25) is 0 Å². The van der Waals surface area contributed by atoms with E-state index in [-0.39, 0.29) is 17.3 Å². The van der Waals surface area contributed by atoms with Gasteiger partial charge in [0.25, 0.3) is 0 Å². The second kappa shape index (κ2) is 5.79. The number of rotatable bonds is 3. The van der Waals surface area contributed by atoms with Gasteiger partial charge >= 0.3 is 5.82 Å². The maximum atomic E-state index is 14.0. The molecule has 2 heterocycles. The predicted molar refractivity (Wildman–Crippen MR) is 81.0 cm³/mol. The van der Waals surface area contributed by atoms with Crippen molar-refractivity contribution in [3.63, 3.8) is 0 Å². The van der Waals surface area contributed by atoms with Crippen molar-refractivity contribution in [2.75, 3.05) is 17.2 Å². The van der Waals surface area contributed by atoms with Crippen LogP contribution in [0.25, 0.3) is 0 Å². The lowest BCUT2D eigenvalue weighted by molar-refractivity contribution is -0.388. The van der Waals surface area contributed by atoms with E-state index in [1.165, 1.54) is 18.3 Å². The molecule has 2 aromatic rings. The number of nitrogens with zero attached hydrogens (tertiary/aromatic N) is 3. The zero-order chi connectivity index (χ0) is 16.6. The van der Waals surface area contributed by atoms with Crippen LogP contribution in [0.15, 0.2) is 30.5 Å². The maximum Gasteiger partial charge on any atom is 0.386 e. The first kappa shape index (κ1) is 15.1. The van der Waals surface area contributed by atoms with Crippen LogP contribution in [-0.4, -0.2) is 16.5 Å². The van der Waals surface area contributed by atoms with E-state index in [1.807, 2.05) is 4.90 Å². The van der Waals surface area contributed by atoms with Crippen LogP contribution in [0.1, 0.15) is 24.4 Å². The number of aromatic nitrogens is 1. The van der Waals surface area contributed by atoms with E-state index in [4.69, 9.17) is 5.73 Å². The highest BCUT2D eigenvalue weighted by molar-refractivity contribution is 5.63. The fourth-order valence-corrected chi connectivity index (χ4v) is 2.94. The molecule has 0 aliphatic carbocycles. The van der Waals surface area contributed by atoms with Crippen LogP contribution >= 0.6 is 0 Å². The lowest BCUT2D eigenvalue weighted by atomic mass is 10.0. The van der Waals surface area contributed by atoms with Gasteiger partial charge in [0.05, 0.1) is 11.7 Å². The topological polar surface area (TPSA) is 85.3 Å². The van der Waals surface area contributed by atoms with Crippen LogP contribution in [0.5, 0.6) is 0 Å². The summed E-state index contributed by atoms with van der Waals surface area (Å²) in [5.74, 6) is -1.40. The summed E-state index contributed by atoms with van der Waals surface area (Å²) in [5, 5.41) is 10.8. The Hall–Kier alpha value is -2.77. The molecule has 23 heavy (non-hydrogen) atoms. The summed E-state index contributed by atoms with van der Waals surface area (Å²) in [7, 11) is 0. The number of nitrogens with two attached hydrogens (primary N) is 1. The van der Waals surface area contributed by atoms with E-state index in [0.29, 0.717) is 18.7 Å². The Kier molecular flexibility index (Phi) is 3.81. The number of halogens is 2. The monoisotopic (exact) mass is 320 g/mol. The molecule has 1 aromatic carbocycles. The van der Waals surface area contributed by atoms with E-state index in [1.54, 1.807) is 0 Å². The first-order valence-electron chi connectivity index (χ1n) is 7.09. The van der Waals surface area contributed by atoms with E-state index in [2.05, 4.69) is 4.98 Å². The van der Waals surface area contributed by atoms with Crippen molar-refractivity contribution in [2.45, 2.75) is 18.9 Å². The van der Waals surface area contributed by atoms with Gasteiger partial charge in [-0.15, -0.1) is 0 Å². The minimum atomic E-state index is -0.660. The summed E-state index contributed by atoms with van der Waals surface area (Å²) < 4.78 is 27.5. The van der Waals surface area contributed by atoms with Gasteiger partial charge in [0, 0.05) is 12.1 Å². The SMILES string of the molecule is Nc1cc(N2CCC[C@@H]2c2cc(F)ccc2F)cnc1[N+](=O)[O-]. The molecular weight excluding hydrogens is 306 g/mol. The van der Waals surface area contributed by atoms with Crippen molar-refractivity contribution in [3.05, 3.63) is 57.8 Å². The minimum Gasteiger partial charge on any atom is -0.392 e. The summed E-state index contributed by atoms with van der Waals surface area (Å²) in [5.41, 5.74) is 6.42. The van der Waals surface area contributed by atoms with Crippen molar-refractivity contribution < 1.29 is 13.7 Å². The Bertz CT molecular complexity index is 769. The van der Waals surface area contributed by atoms with E-state index < -0.39 is 22.4 Å². The fraction of sp³-hybridized carbons (Fsp3) is 0.267. The van der Waals surface area contributed by atoms with Gasteiger partial charge in [-0.3, -0.25) is 0 Å². The highest BCUT2D eigenvalue weighted by Gasteiger charge is 2.30. The third kappa shape index (κ3) is 2.79. The Balaban J connectivity index is 1.97. The molecule has 1 aliphatic heterocycles. The van der Waals surface area contributed by atoms with E-state index in [9.17, 15) is 18.9 Å². The van der Waals surface area contributed by atoms with Crippen molar-refractivity contribution >= 4 is 17.2 Å². The van der Waals surface area contributed by atoms with Gasteiger partial charge in [0.1, 0.15) is 17.3 Å². The standard InChI is InChI=1S/C15H14F2N4O2/c16-9-3-4-12(17)11(6-9)14-2-1-5-20(14)10-7-13(18)15(19-8-10)21(22)23/h3-4,6-8,14H,1-2,5,18H2/t14-/m1/s1. The molecule has 0 unspecified atom stereocenters. The van der Waals surface area contributed by atoms with Gasteiger partial charge in [-0.2, -0.15) is 0 Å². The number of hydrogen-bond acceptors (Lipinski definition) is 5. The average Bonchev–Trinajstić information content (AvgIpc) is 2.98. The van der Waals surface area contributed by atoms with Crippen molar-refractivity contribution in [2.24, 2.45) is 0 Å². The van der Waals surface area contributed by atoms with Crippen LogP contribution < -0.4 is 10.6 Å². The smallest absolute Gasteiger partial charge is 0.386 e. The molecule has 1 saturated heterocycles. The van der Waals surface area contributed by atoms with Gasteiger partial charge in [-0.1, -0.05) is 0 Å². The largest absolute Gasteiger partial charge is 0.392 e. The normalized spacial score (nSPS) is 17.5. The summed E-state index contributed by atoms with van der Waals surface area (Å²) in [6.45, 7) is 0.611. The molecule has 2 N–H and O–H groups in total. The average molecular weight is 320 g/mol. The van der Waals surface area contributed by atoms with Crippen LogP contribution in [0.4, 0.5) is 26.0 Å². The number of nitrogen functional groups attached to an aromatic ring is 1. The Morgan fingerprint density at radius 1 is 1.35 bits per heavy atom. The summed E-state index contributed by atoms with van der Waals surface area (Å²) in [6, 6.07) is 4.45. The minimum absolute atomic E-state index is 0.0575. The Morgan fingerprint density at radius 2 is 2.13 bits per heavy atom. The van der Waals surface area contributed by atoms with E-state index >= 15 is 0 Å². The molecule has 0 saturated carbocycles. The van der Waals surface area contributed by atoms with E-state index in [0.717, 1.165) is 18.6 Å². The predicted octanol–water partition coefficient (Wildman–Crippen LogP) is 3.19. The third-order valence-electron chi connectivity index (χ3n) is 3.96. The first-order valence-corrected chi connectivity index (χ1v) is 7.09. The fourth-order valence-electron chi connectivity index (χ4n) is 2.94. The summed E-state index contributed by atoms with van der Waals surface area (Å²) in [4.78, 5) is 15.7. The zero-order valence-electron chi connectivity index (χ0n) is 12.1. The van der Waals surface area contributed by atoms with Crippen molar-refractivity contribution in [1.82, 2.24) is 4.98 Å².